The summed E-state index contributed by atoms with van der Waals surface area (Å²) < 4.78 is 0.798. The number of thioether (sulfide) groups is 1. The second-order valence-electron chi connectivity index (χ2n) is 6.15. The maximum atomic E-state index is 12.5. The molecule has 0 aliphatic rings. The van der Waals surface area contributed by atoms with Crippen LogP contribution in [-0.2, 0) is 9.59 Å². The molecule has 0 aliphatic heterocycles. The molecule has 0 aliphatic carbocycles. The van der Waals surface area contributed by atoms with Gasteiger partial charge in [-0.15, -0.1) is 11.8 Å². The molecule has 10 heteroatoms. The zero-order chi connectivity index (χ0) is 20.7. The molecule has 0 fully saturated rings. The fraction of sp³-hybridized carbons (Fsp3) is 0.278. The molecule has 1 aromatic carbocycles. The number of benzene rings is 1. The van der Waals surface area contributed by atoms with E-state index in [9.17, 15) is 19.7 Å². The van der Waals surface area contributed by atoms with E-state index in [1.807, 2.05) is 13.8 Å². The number of hydrogen-bond donors (Lipinski definition) is 2. The molecule has 0 saturated carbocycles. The summed E-state index contributed by atoms with van der Waals surface area (Å²) in [5.74, 6) is -0.299. The van der Waals surface area contributed by atoms with Gasteiger partial charge in [0.1, 0.15) is 11.5 Å². The van der Waals surface area contributed by atoms with Gasteiger partial charge < -0.3 is 10.6 Å². The fourth-order valence-corrected chi connectivity index (χ4v) is 3.54. The van der Waals surface area contributed by atoms with Gasteiger partial charge in [0.2, 0.25) is 11.8 Å². The number of nitrogens with one attached hydrogen (secondary N) is 2. The van der Waals surface area contributed by atoms with Gasteiger partial charge in [0, 0.05) is 16.7 Å². The molecule has 0 radical (unpaired) electrons. The van der Waals surface area contributed by atoms with E-state index in [4.69, 9.17) is 0 Å². The largest absolute Gasteiger partial charge is 0.320 e. The quantitative estimate of drug-likeness (QED) is 0.447. The predicted molar refractivity (Wildman–Crippen MR) is 113 cm³/mol. The Hall–Kier alpha value is -2.46. The molecule has 28 heavy (non-hydrogen) atoms. The Kier molecular flexibility index (Phi) is 7.94. The summed E-state index contributed by atoms with van der Waals surface area (Å²) in [6.45, 7) is 3.76. The third-order valence-corrected chi connectivity index (χ3v) is 5.63. The number of aromatic nitrogens is 1. The summed E-state index contributed by atoms with van der Waals surface area (Å²) >= 11 is 4.45. The summed E-state index contributed by atoms with van der Waals surface area (Å²) in [5.41, 5.74) is -0.0528. The number of rotatable bonds is 8. The van der Waals surface area contributed by atoms with E-state index in [0.717, 1.165) is 4.47 Å². The average Bonchev–Trinajstić information content (AvgIpc) is 2.63. The topological polar surface area (TPSA) is 114 Å². The van der Waals surface area contributed by atoms with Crippen molar-refractivity contribution >= 4 is 56.7 Å². The van der Waals surface area contributed by atoms with Crippen molar-refractivity contribution in [1.29, 1.82) is 0 Å². The third-order valence-electron chi connectivity index (χ3n) is 3.61. The number of nitrogens with zero attached hydrogens (tertiary/aromatic N) is 2. The highest BCUT2D eigenvalue weighted by Crippen LogP contribution is 2.25. The number of amides is 2. The van der Waals surface area contributed by atoms with E-state index in [2.05, 4.69) is 31.5 Å². The number of pyridine rings is 1. The molecule has 2 rings (SSSR count). The number of halogens is 1. The van der Waals surface area contributed by atoms with Crippen LogP contribution in [0.3, 0.4) is 0 Å². The van der Waals surface area contributed by atoms with Gasteiger partial charge >= 0.3 is 0 Å². The van der Waals surface area contributed by atoms with Gasteiger partial charge in [0.25, 0.3) is 5.69 Å². The summed E-state index contributed by atoms with van der Waals surface area (Å²) in [4.78, 5) is 39.4. The smallest absolute Gasteiger partial charge is 0.292 e. The molecule has 1 unspecified atom stereocenters. The van der Waals surface area contributed by atoms with Crippen molar-refractivity contribution in [1.82, 2.24) is 4.98 Å². The molecule has 2 amide bonds. The normalized spacial score (nSPS) is 11.7. The zero-order valence-corrected chi connectivity index (χ0v) is 17.6. The van der Waals surface area contributed by atoms with Crippen molar-refractivity contribution < 1.29 is 14.5 Å². The van der Waals surface area contributed by atoms with Crippen LogP contribution in [0.4, 0.5) is 17.2 Å². The Balaban J connectivity index is 1.97. The van der Waals surface area contributed by atoms with Gasteiger partial charge in [-0.25, -0.2) is 4.98 Å². The molecule has 1 atom stereocenters. The van der Waals surface area contributed by atoms with E-state index >= 15 is 0 Å². The third kappa shape index (κ3) is 6.31. The summed E-state index contributed by atoms with van der Waals surface area (Å²) in [7, 11) is 0. The van der Waals surface area contributed by atoms with Crippen LogP contribution in [0.15, 0.2) is 47.1 Å². The van der Waals surface area contributed by atoms with Crippen LogP contribution >= 0.6 is 27.7 Å². The Morgan fingerprint density at radius 3 is 2.54 bits per heavy atom. The van der Waals surface area contributed by atoms with Gasteiger partial charge in [-0.3, -0.25) is 19.7 Å². The van der Waals surface area contributed by atoms with Crippen molar-refractivity contribution in [3.05, 3.63) is 57.2 Å². The van der Waals surface area contributed by atoms with Crippen molar-refractivity contribution in [2.45, 2.75) is 19.1 Å². The molecule has 148 valence electrons. The first-order valence-corrected chi connectivity index (χ1v) is 10.2. The molecule has 0 spiro atoms. The number of hydrogen-bond acceptors (Lipinski definition) is 6. The predicted octanol–water partition coefficient (Wildman–Crippen LogP) is 4.09. The maximum absolute atomic E-state index is 12.5. The second kappa shape index (κ2) is 10.2. The molecule has 2 aromatic rings. The zero-order valence-electron chi connectivity index (χ0n) is 15.2. The first kappa shape index (κ1) is 21.8. The Morgan fingerprint density at radius 2 is 1.93 bits per heavy atom. The molecule has 8 nitrogen and oxygen atoms in total. The molecule has 0 saturated heterocycles. The number of para-hydroxylation sites is 2. The van der Waals surface area contributed by atoms with E-state index in [1.54, 1.807) is 24.4 Å². The average molecular weight is 467 g/mol. The lowest BCUT2D eigenvalue weighted by Gasteiger charge is -2.19. The van der Waals surface area contributed by atoms with Gasteiger partial charge in [0.05, 0.1) is 15.9 Å². The minimum absolute atomic E-state index is 0.0178. The van der Waals surface area contributed by atoms with Crippen molar-refractivity contribution in [2.24, 2.45) is 5.92 Å². The Labute approximate surface area is 174 Å². The van der Waals surface area contributed by atoms with E-state index in [1.165, 1.54) is 30.0 Å². The molecular weight excluding hydrogens is 448 g/mol. The SMILES string of the molecule is CC(C)C(SCC(=O)Nc1ccccc1[N+](=O)[O-])C(=O)Nc1ccc(Br)cn1. The van der Waals surface area contributed by atoms with Gasteiger partial charge in [-0.1, -0.05) is 26.0 Å². The molecule has 0 bridgehead atoms. The molecule has 1 heterocycles. The number of anilines is 2. The van der Waals surface area contributed by atoms with E-state index in [0.29, 0.717) is 5.82 Å². The number of nitro benzene ring substituents is 1. The van der Waals surface area contributed by atoms with Gasteiger partial charge in [-0.2, -0.15) is 0 Å². The summed E-state index contributed by atoms with van der Waals surface area (Å²) in [5, 5.41) is 15.8. The van der Waals surface area contributed by atoms with Crippen LogP contribution < -0.4 is 10.6 Å². The summed E-state index contributed by atoms with van der Waals surface area (Å²) in [6.07, 6.45) is 1.58. The van der Waals surface area contributed by atoms with Crippen molar-refractivity contribution in [3.63, 3.8) is 0 Å². The minimum Gasteiger partial charge on any atom is -0.320 e. The van der Waals surface area contributed by atoms with Crippen LogP contribution in [0.1, 0.15) is 13.8 Å². The lowest BCUT2D eigenvalue weighted by molar-refractivity contribution is -0.383. The van der Waals surface area contributed by atoms with E-state index in [-0.39, 0.29) is 29.0 Å². The lowest BCUT2D eigenvalue weighted by atomic mass is 10.1. The molecular formula is C18H19BrN4O4S. The Morgan fingerprint density at radius 1 is 1.21 bits per heavy atom. The first-order chi connectivity index (χ1) is 13.3. The molecule has 1 aromatic heterocycles. The number of nitro groups is 1. The number of carbonyl (C=O) groups is 2. The van der Waals surface area contributed by atoms with E-state index < -0.39 is 16.1 Å². The van der Waals surface area contributed by atoms with Crippen molar-refractivity contribution in [3.8, 4) is 0 Å². The van der Waals surface area contributed by atoms with Gasteiger partial charge in [0.15, 0.2) is 0 Å². The highest BCUT2D eigenvalue weighted by atomic mass is 79.9. The highest BCUT2D eigenvalue weighted by Gasteiger charge is 2.25. The standard InChI is InChI=1S/C18H19BrN4O4S/c1-11(2)17(18(25)22-15-8-7-12(19)9-20-15)28-10-16(24)21-13-5-3-4-6-14(13)23(26)27/h3-9,11,17H,10H2,1-2H3,(H,21,24)(H,20,22,25). The fourth-order valence-electron chi connectivity index (χ4n) is 2.31. The van der Waals surface area contributed by atoms with Crippen LogP contribution in [0.2, 0.25) is 0 Å². The van der Waals surface area contributed by atoms with Crippen LogP contribution in [0.5, 0.6) is 0 Å². The molecule has 2 N–H and O–H groups in total. The van der Waals surface area contributed by atoms with Crippen LogP contribution in [-0.4, -0.2) is 32.7 Å². The van der Waals surface area contributed by atoms with Crippen LogP contribution in [0.25, 0.3) is 0 Å². The van der Waals surface area contributed by atoms with Crippen molar-refractivity contribution in [2.75, 3.05) is 16.4 Å². The monoisotopic (exact) mass is 466 g/mol. The Bertz CT molecular complexity index is 861. The summed E-state index contributed by atoms with van der Waals surface area (Å²) in [6, 6.07) is 9.35. The minimum atomic E-state index is -0.557. The number of carbonyl (C=O) groups excluding carboxylic acids is 2. The second-order valence-corrected chi connectivity index (χ2v) is 8.19. The first-order valence-electron chi connectivity index (χ1n) is 8.35. The maximum Gasteiger partial charge on any atom is 0.292 e. The lowest BCUT2D eigenvalue weighted by Crippen LogP contribution is -2.31. The van der Waals surface area contributed by atoms with Gasteiger partial charge in [-0.05, 0) is 40.0 Å². The van der Waals surface area contributed by atoms with Crippen LogP contribution in [0, 0.1) is 16.0 Å². The highest BCUT2D eigenvalue weighted by molar-refractivity contribution is 9.10.